The summed E-state index contributed by atoms with van der Waals surface area (Å²) in [5, 5.41) is 13.9. The third-order valence-electron chi connectivity index (χ3n) is 9.39. The van der Waals surface area contributed by atoms with Gasteiger partial charge in [0.15, 0.2) is 0 Å². The highest BCUT2D eigenvalue weighted by Gasteiger charge is 2.56. The minimum atomic E-state index is -5.09. The molecule has 2 aliphatic carbocycles. The fraction of sp³-hybridized carbons (Fsp3) is 0.500. The highest BCUT2D eigenvalue weighted by atomic mass is 32.2. The first kappa shape index (κ1) is 37.5. The lowest BCUT2D eigenvalue weighted by molar-refractivity contribution is -0.140. The molecule has 0 spiro atoms. The number of piperazine rings is 1. The first-order valence-corrected chi connectivity index (χ1v) is 17.2. The number of alkyl halides is 6. The van der Waals surface area contributed by atoms with Crippen molar-refractivity contribution < 1.29 is 58.6 Å². The van der Waals surface area contributed by atoms with Crippen LogP contribution in [0.1, 0.15) is 35.2 Å². The Hall–Kier alpha value is -3.74. The molecule has 2 bridgehead atoms. The van der Waals surface area contributed by atoms with E-state index in [1.165, 1.54) is 23.5 Å². The Morgan fingerprint density at radius 1 is 1.00 bits per heavy atom. The number of nitrogens with zero attached hydrogens (tertiary/aromatic N) is 2. The summed E-state index contributed by atoms with van der Waals surface area (Å²) in [5.41, 5.74) is -2.53. The Balaban J connectivity index is 1.42. The van der Waals surface area contributed by atoms with Crippen LogP contribution in [-0.4, -0.2) is 93.2 Å². The van der Waals surface area contributed by atoms with Gasteiger partial charge in [0, 0.05) is 63.1 Å². The molecule has 3 fully saturated rings. The molecule has 1 aliphatic heterocycles. The van der Waals surface area contributed by atoms with Crippen molar-refractivity contribution in [2.24, 2.45) is 17.8 Å². The summed E-state index contributed by atoms with van der Waals surface area (Å²) in [5.74, 6) is -6.96. The molecule has 2 saturated carbocycles. The molecule has 0 aromatic heterocycles. The molecule has 3 N–H and O–H groups in total. The summed E-state index contributed by atoms with van der Waals surface area (Å²) < 4.78 is 128. The molecular weight excluding hydrogens is 701 g/mol. The number of carbonyl (C=O) groups excluding carboxylic acids is 2. The zero-order valence-corrected chi connectivity index (χ0v) is 27.5. The van der Waals surface area contributed by atoms with Crippen LogP contribution in [0.3, 0.4) is 0 Å². The SMILES string of the molecule is COc1ccc(S(=O)(=O)N2CCN(CCCO)CC2)cc1C(=O)N[C@H]1[C@@H](C(=O)Nc2ccc(F)c(C(F)(F)F)c2)[C@H]2CC[C@@H]1/C2=C\C(F)(F)F. The van der Waals surface area contributed by atoms with E-state index in [2.05, 4.69) is 10.6 Å². The van der Waals surface area contributed by atoms with Gasteiger partial charge in [0.25, 0.3) is 5.91 Å². The third-order valence-corrected chi connectivity index (χ3v) is 11.3. The topological polar surface area (TPSA) is 128 Å². The Kier molecular flexibility index (Phi) is 10.9. The number of anilines is 1. The Bertz CT molecular complexity index is 1740. The van der Waals surface area contributed by atoms with Crippen molar-refractivity contribution in [1.82, 2.24) is 14.5 Å². The summed E-state index contributed by atoms with van der Waals surface area (Å²) in [6.45, 7) is 1.73. The zero-order chi connectivity index (χ0) is 36.6. The fourth-order valence-corrected chi connectivity index (χ4v) is 8.57. The van der Waals surface area contributed by atoms with Gasteiger partial charge in [-0.05, 0) is 61.6 Å². The van der Waals surface area contributed by atoms with E-state index >= 15 is 0 Å². The summed E-state index contributed by atoms with van der Waals surface area (Å²) in [6, 6.07) is 4.05. The lowest BCUT2D eigenvalue weighted by atomic mass is 9.83. The number of ether oxygens (including phenoxy) is 1. The van der Waals surface area contributed by atoms with Crippen LogP contribution in [0, 0.1) is 23.6 Å². The van der Waals surface area contributed by atoms with E-state index in [1.54, 1.807) is 0 Å². The average Bonchev–Trinajstić information content (AvgIpc) is 3.56. The van der Waals surface area contributed by atoms with Crippen molar-refractivity contribution >= 4 is 27.5 Å². The number of hydrogen-bond donors (Lipinski definition) is 3. The second kappa shape index (κ2) is 14.5. The number of allylic oxidation sites excluding steroid dienone is 1. The minimum absolute atomic E-state index is 0.000138. The van der Waals surface area contributed by atoms with Gasteiger partial charge in [-0.2, -0.15) is 30.6 Å². The Labute approximate surface area is 283 Å². The lowest BCUT2D eigenvalue weighted by Gasteiger charge is -2.34. The number of halogens is 7. The molecule has 1 saturated heterocycles. The van der Waals surface area contributed by atoms with Crippen LogP contribution in [0.4, 0.5) is 36.4 Å². The Morgan fingerprint density at radius 2 is 1.68 bits per heavy atom. The van der Waals surface area contributed by atoms with Gasteiger partial charge in [-0.25, -0.2) is 12.8 Å². The number of rotatable bonds is 10. The molecule has 18 heteroatoms. The molecule has 5 rings (SSSR count). The molecule has 4 atom stereocenters. The largest absolute Gasteiger partial charge is 0.496 e. The molecule has 274 valence electrons. The predicted molar refractivity (Wildman–Crippen MR) is 165 cm³/mol. The van der Waals surface area contributed by atoms with E-state index in [4.69, 9.17) is 9.84 Å². The van der Waals surface area contributed by atoms with E-state index in [9.17, 15) is 48.7 Å². The second-order valence-corrected chi connectivity index (χ2v) is 14.3. The average molecular weight is 737 g/mol. The zero-order valence-electron chi connectivity index (χ0n) is 26.7. The van der Waals surface area contributed by atoms with Crippen molar-refractivity contribution in [3.8, 4) is 5.75 Å². The van der Waals surface area contributed by atoms with E-state index in [0.29, 0.717) is 38.2 Å². The molecule has 10 nitrogen and oxygen atoms in total. The minimum Gasteiger partial charge on any atom is -0.496 e. The summed E-state index contributed by atoms with van der Waals surface area (Å²) in [6.07, 6.45) is -8.98. The number of amides is 2. The number of methoxy groups -OCH3 is 1. The molecule has 50 heavy (non-hydrogen) atoms. The molecule has 0 unspecified atom stereocenters. The van der Waals surface area contributed by atoms with Crippen LogP contribution >= 0.6 is 0 Å². The maximum Gasteiger partial charge on any atom is 0.419 e. The quantitative estimate of drug-likeness (QED) is 0.244. The number of fused-ring (bicyclic) bond motifs is 2. The van der Waals surface area contributed by atoms with Crippen LogP contribution in [-0.2, 0) is 21.0 Å². The maximum absolute atomic E-state index is 13.9. The predicted octanol–water partition coefficient (Wildman–Crippen LogP) is 4.42. The molecule has 0 radical (unpaired) electrons. The molecule has 1 heterocycles. The highest BCUT2D eigenvalue weighted by Crippen LogP contribution is 2.54. The second-order valence-electron chi connectivity index (χ2n) is 12.4. The molecular formula is C32H35F7N4O6S. The van der Waals surface area contributed by atoms with Crippen molar-refractivity contribution in [2.75, 3.05) is 51.8 Å². The lowest BCUT2D eigenvalue weighted by Crippen LogP contribution is -2.49. The van der Waals surface area contributed by atoms with Crippen LogP contribution in [0.2, 0.25) is 0 Å². The van der Waals surface area contributed by atoms with Crippen molar-refractivity contribution in [3.05, 3.63) is 65.0 Å². The van der Waals surface area contributed by atoms with Crippen molar-refractivity contribution in [1.29, 1.82) is 0 Å². The molecule has 2 aromatic rings. The maximum atomic E-state index is 13.9. The van der Waals surface area contributed by atoms with Gasteiger partial charge in [-0.1, -0.05) is 5.57 Å². The van der Waals surface area contributed by atoms with Gasteiger partial charge in [-0.15, -0.1) is 0 Å². The van der Waals surface area contributed by atoms with Gasteiger partial charge in [0.05, 0.1) is 29.1 Å². The first-order valence-electron chi connectivity index (χ1n) is 15.7. The van der Waals surface area contributed by atoms with Gasteiger partial charge in [-0.3, -0.25) is 9.59 Å². The van der Waals surface area contributed by atoms with Crippen LogP contribution < -0.4 is 15.4 Å². The molecule has 2 amide bonds. The van der Waals surface area contributed by atoms with Gasteiger partial charge in [0.1, 0.15) is 11.6 Å². The summed E-state index contributed by atoms with van der Waals surface area (Å²) >= 11 is 0. The number of benzene rings is 2. The highest BCUT2D eigenvalue weighted by molar-refractivity contribution is 7.89. The monoisotopic (exact) mass is 736 g/mol. The summed E-state index contributed by atoms with van der Waals surface area (Å²) in [7, 11) is -2.89. The van der Waals surface area contributed by atoms with Gasteiger partial charge < -0.3 is 25.4 Å². The van der Waals surface area contributed by atoms with Gasteiger partial charge in [0.2, 0.25) is 15.9 Å². The molecule has 3 aliphatic rings. The molecule has 2 aromatic carbocycles. The van der Waals surface area contributed by atoms with Crippen LogP contribution in [0.15, 0.2) is 52.9 Å². The number of hydrogen-bond acceptors (Lipinski definition) is 7. The number of sulfonamides is 1. The first-order chi connectivity index (χ1) is 23.4. The van der Waals surface area contributed by atoms with Gasteiger partial charge >= 0.3 is 12.4 Å². The smallest absolute Gasteiger partial charge is 0.419 e. The van der Waals surface area contributed by atoms with E-state index < -0.39 is 75.1 Å². The standard InChI is InChI=1S/C32H35F7N4O6S/c1-49-26-8-4-19(50(47,48)43-12-10-42(11-13-43)9-2-14-44)16-22(26)29(45)41-28-21-6-5-20(23(21)17-31(34,35)36)27(28)30(46)40-18-3-7-25(33)24(15-18)32(37,38)39/h3-4,7-8,15-17,20-21,27-28,44H,2,5-6,9-14H2,1H3,(H,40,46)(H,41,45)/b23-17-/t20-,21+,27-,28+/m0/s1. The number of aliphatic hydroxyl groups is 1. The van der Waals surface area contributed by atoms with Crippen LogP contribution in [0.5, 0.6) is 5.75 Å². The number of nitrogens with one attached hydrogen (secondary N) is 2. The van der Waals surface area contributed by atoms with E-state index in [0.717, 1.165) is 12.1 Å². The summed E-state index contributed by atoms with van der Waals surface area (Å²) in [4.78, 5) is 29.1. The number of aliphatic hydroxyl groups excluding tert-OH is 1. The normalized spacial score (nSPS) is 24.1. The van der Waals surface area contributed by atoms with E-state index in [-0.39, 0.29) is 60.4 Å². The van der Waals surface area contributed by atoms with Crippen molar-refractivity contribution in [3.63, 3.8) is 0 Å². The Morgan fingerprint density at radius 3 is 2.30 bits per heavy atom. The van der Waals surface area contributed by atoms with Crippen molar-refractivity contribution in [2.45, 2.75) is 42.6 Å². The van der Waals surface area contributed by atoms with Crippen LogP contribution in [0.25, 0.3) is 0 Å². The number of carbonyl (C=O) groups is 2. The third kappa shape index (κ3) is 7.92. The fourth-order valence-electron chi connectivity index (χ4n) is 7.12. The van der Waals surface area contributed by atoms with E-state index in [1.807, 2.05) is 4.90 Å².